The molecule has 94 valence electrons. The molecule has 0 aliphatic carbocycles. The monoisotopic (exact) mass is 242 g/mol. The van der Waals surface area contributed by atoms with Crippen LogP contribution >= 0.6 is 0 Å². The van der Waals surface area contributed by atoms with E-state index in [0.29, 0.717) is 6.54 Å². The first-order chi connectivity index (χ1) is 8.83. The van der Waals surface area contributed by atoms with Gasteiger partial charge in [-0.05, 0) is 36.9 Å². The van der Waals surface area contributed by atoms with Crippen LogP contribution in [0.4, 0.5) is 0 Å². The summed E-state index contributed by atoms with van der Waals surface area (Å²) in [5.41, 5.74) is 6.85. The Hall–Kier alpha value is -1.84. The van der Waals surface area contributed by atoms with Crippen LogP contribution in [0.25, 0.3) is 0 Å². The van der Waals surface area contributed by atoms with Gasteiger partial charge in [0.1, 0.15) is 11.5 Å². The maximum atomic E-state index is 5.79. The molecule has 0 aliphatic heterocycles. The molecule has 0 spiro atoms. The van der Waals surface area contributed by atoms with Crippen LogP contribution in [0, 0.1) is 0 Å². The highest BCUT2D eigenvalue weighted by atomic mass is 16.5. The molecule has 0 amide bonds. The molecular formula is C15H18N2O. The third-order valence-corrected chi connectivity index (χ3v) is 2.82. The summed E-state index contributed by atoms with van der Waals surface area (Å²) in [6, 6.07) is 17.9. The quantitative estimate of drug-likeness (QED) is 0.847. The molecule has 0 saturated heterocycles. The fourth-order valence-electron chi connectivity index (χ4n) is 1.84. The third kappa shape index (κ3) is 3.09. The SMILES string of the molecule is CNC(CN)c1cccc(Oc2ccccc2)c1. The predicted molar refractivity (Wildman–Crippen MR) is 73.8 cm³/mol. The predicted octanol–water partition coefficient (Wildman–Crippen LogP) is 2.70. The van der Waals surface area contributed by atoms with Crippen molar-refractivity contribution >= 4 is 0 Å². The van der Waals surface area contributed by atoms with E-state index in [4.69, 9.17) is 10.5 Å². The number of para-hydroxylation sites is 1. The summed E-state index contributed by atoms with van der Waals surface area (Å²) in [5.74, 6) is 1.66. The topological polar surface area (TPSA) is 47.3 Å². The molecule has 3 N–H and O–H groups in total. The average Bonchev–Trinajstić information content (AvgIpc) is 2.42. The smallest absolute Gasteiger partial charge is 0.127 e. The maximum Gasteiger partial charge on any atom is 0.127 e. The third-order valence-electron chi connectivity index (χ3n) is 2.82. The Kier molecular flexibility index (Phi) is 4.34. The molecule has 0 saturated carbocycles. The van der Waals surface area contributed by atoms with Crippen molar-refractivity contribution in [1.82, 2.24) is 5.32 Å². The minimum absolute atomic E-state index is 0.157. The molecule has 18 heavy (non-hydrogen) atoms. The molecule has 0 heterocycles. The van der Waals surface area contributed by atoms with Gasteiger partial charge in [-0.25, -0.2) is 0 Å². The normalized spacial score (nSPS) is 12.1. The zero-order valence-electron chi connectivity index (χ0n) is 10.5. The Balaban J connectivity index is 2.17. The Bertz CT molecular complexity index is 481. The summed E-state index contributed by atoms with van der Waals surface area (Å²) in [5, 5.41) is 3.18. The lowest BCUT2D eigenvalue weighted by atomic mass is 10.1. The number of benzene rings is 2. The second-order valence-corrected chi connectivity index (χ2v) is 4.06. The van der Waals surface area contributed by atoms with Crippen LogP contribution in [0.5, 0.6) is 11.5 Å². The van der Waals surface area contributed by atoms with E-state index in [0.717, 1.165) is 17.1 Å². The van der Waals surface area contributed by atoms with Crippen LogP contribution in [0.3, 0.4) is 0 Å². The number of likely N-dealkylation sites (N-methyl/N-ethyl adjacent to an activating group) is 1. The number of hydrogen-bond acceptors (Lipinski definition) is 3. The van der Waals surface area contributed by atoms with Gasteiger partial charge >= 0.3 is 0 Å². The van der Waals surface area contributed by atoms with Crippen molar-refractivity contribution in [3.8, 4) is 11.5 Å². The molecule has 2 rings (SSSR count). The molecule has 2 aromatic rings. The number of ether oxygens (including phenoxy) is 1. The van der Waals surface area contributed by atoms with Gasteiger partial charge < -0.3 is 15.8 Å². The summed E-state index contributed by atoms with van der Waals surface area (Å²) in [7, 11) is 1.91. The van der Waals surface area contributed by atoms with Crippen LogP contribution in [-0.2, 0) is 0 Å². The molecular weight excluding hydrogens is 224 g/mol. The van der Waals surface area contributed by atoms with E-state index >= 15 is 0 Å². The number of hydrogen-bond donors (Lipinski definition) is 2. The molecule has 0 bridgehead atoms. The van der Waals surface area contributed by atoms with Gasteiger partial charge in [0.05, 0.1) is 0 Å². The highest BCUT2D eigenvalue weighted by molar-refractivity contribution is 5.35. The molecule has 1 unspecified atom stereocenters. The second kappa shape index (κ2) is 6.19. The fourth-order valence-corrected chi connectivity index (χ4v) is 1.84. The molecule has 1 atom stereocenters. The van der Waals surface area contributed by atoms with E-state index in [1.807, 2.05) is 61.6 Å². The van der Waals surface area contributed by atoms with Crippen LogP contribution in [0.2, 0.25) is 0 Å². The van der Waals surface area contributed by atoms with E-state index in [9.17, 15) is 0 Å². The fraction of sp³-hybridized carbons (Fsp3) is 0.200. The zero-order chi connectivity index (χ0) is 12.8. The van der Waals surface area contributed by atoms with Crippen molar-refractivity contribution in [2.24, 2.45) is 5.73 Å². The molecule has 0 aromatic heterocycles. The molecule has 2 aromatic carbocycles. The second-order valence-electron chi connectivity index (χ2n) is 4.06. The Morgan fingerprint density at radius 1 is 1.06 bits per heavy atom. The van der Waals surface area contributed by atoms with E-state index in [1.165, 1.54) is 0 Å². The lowest BCUT2D eigenvalue weighted by Gasteiger charge is -2.15. The van der Waals surface area contributed by atoms with E-state index in [1.54, 1.807) is 0 Å². The van der Waals surface area contributed by atoms with Gasteiger partial charge in [-0.15, -0.1) is 0 Å². The van der Waals surface area contributed by atoms with Crippen LogP contribution in [0.1, 0.15) is 11.6 Å². The number of nitrogens with one attached hydrogen (secondary N) is 1. The van der Waals surface area contributed by atoms with E-state index in [2.05, 4.69) is 5.32 Å². The van der Waals surface area contributed by atoms with Crippen molar-refractivity contribution < 1.29 is 4.74 Å². The standard InChI is InChI=1S/C15H18N2O/c1-17-15(11-16)12-6-5-9-14(10-12)18-13-7-3-2-4-8-13/h2-10,15,17H,11,16H2,1H3. The van der Waals surface area contributed by atoms with Gasteiger partial charge in [-0.1, -0.05) is 30.3 Å². The lowest BCUT2D eigenvalue weighted by molar-refractivity contribution is 0.480. The zero-order valence-corrected chi connectivity index (χ0v) is 10.5. The summed E-state index contributed by atoms with van der Waals surface area (Å²) in [6.45, 7) is 0.561. The van der Waals surface area contributed by atoms with Crippen molar-refractivity contribution in [3.05, 3.63) is 60.2 Å². The summed E-state index contributed by atoms with van der Waals surface area (Å²) in [4.78, 5) is 0. The average molecular weight is 242 g/mol. The van der Waals surface area contributed by atoms with Gasteiger partial charge in [0.2, 0.25) is 0 Å². The van der Waals surface area contributed by atoms with Gasteiger partial charge in [0.15, 0.2) is 0 Å². The first kappa shape index (κ1) is 12.6. The van der Waals surface area contributed by atoms with Crippen LogP contribution in [-0.4, -0.2) is 13.6 Å². The van der Waals surface area contributed by atoms with Crippen molar-refractivity contribution in [1.29, 1.82) is 0 Å². The largest absolute Gasteiger partial charge is 0.457 e. The summed E-state index contributed by atoms with van der Waals surface area (Å²) < 4.78 is 5.79. The van der Waals surface area contributed by atoms with E-state index in [-0.39, 0.29) is 6.04 Å². The van der Waals surface area contributed by atoms with Gasteiger partial charge in [-0.2, -0.15) is 0 Å². The maximum absolute atomic E-state index is 5.79. The van der Waals surface area contributed by atoms with Crippen molar-refractivity contribution in [3.63, 3.8) is 0 Å². The summed E-state index contributed by atoms with van der Waals surface area (Å²) in [6.07, 6.45) is 0. The highest BCUT2D eigenvalue weighted by Crippen LogP contribution is 2.24. The minimum Gasteiger partial charge on any atom is -0.457 e. The molecule has 3 nitrogen and oxygen atoms in total. The Morgan fingerprint density at radius 2 is 1.78 bits per heavy atom. The van der Waals surface area contributed by atoms with Crippen LogP contribution in [0.15, 0.2) is 54.6 Å². The first-order valence-corrected chi connectivity index (χ1v) is 6.03. The molecule has 0 fully saturated rings. The van der Waals surface area contributed by atoms with Crippen molar-refractivity contribution in [2.75, 3.05) is 13.6 Å². The summed E-state index contributed by atoms with van der Waals surface area (Å²) >= 11 is 0. The van der Waals surface area contributed by atoms with Gasteiger partial charge in [-0.3, -0.25) is 0 Å². The molecule has 0 aliphatic rings. The van der Waals surface area contributed by atoms with Crippen LogP contribution < -0.4 is 15.8 Å². The number of rotatable bonds is 5. The van der Waals surface area contributed by atoms with Crippen molar-refractivity contribution in [2.45, 2.75) is 6.04 Å². The minimum atomic E-state index is 0.157. The first-order valence-electron chi connectivity index (χ1n) is 6.03. The molecule has 0 radical (unpaired) electrons. The van der Waals surface area contributed by atoms with E-state index < -0.39 is 0 Å². The van der Waals surface area contributed by atoms with Gasteiger partial charge in [0, 0.05) is 12.6 Å². The molecule has 3 heteroatoms. The Labute approximate surface area is 108 Å². The Morgan fingerprint density at radius 3 is 2.44 bits per heavy atom. The lowest BCUT2D eigenvalue weighted by Crippen LogP contribution is -2.24. The number of nitrogens with two attached hydrogens (primary N) is 1. The highest BCUT2D eigenvalue weighted by Gasteiger charge is 2.07. The van der Waals surface area contributed by atoms with Gasteiger partial charge in [0.25, 0.3) is 0 Å².